The molecule has 2 aliphatic heterocycles. The molecule has 138 valence electrons. The van der Waals surface area contributed by atoms with Crippen LogP contribution >= 0.6 is 11.8 Å². The van der Waals surface area contributed by atoms with Gasteiger partial charge in [-0.1, -0.05) is 39.0 Å². The third-order valence-corrected chi connectivity index (χ3v) is 5.98. The lowest BCUT2D eigenvalue weighted by Crippen LogP contribution is -2.39. The van der Waals surface area contributed by atoms with E-state index in [4.69, 9.17) is 9.47 Å². The van der Waals surface area contributed by atoms with E-state index in [9.17, 15) is 14.7 Å². The van der Waals surface area contributed by atoms with Crippen molar-refractivity contribution in [3.05, 3.63) is 0 Å². The van der Waals surface area contributed by atoms with Crippen molar-refractivity contribution in [1.82, 2.24) is 0 Å². The quantitative estimate of drug-likeness (QED) is 0.425. The van der Waals surface area contributed by atoms with Gasteiger partial charge >= 0.3 is 11.9 Å². The summed E-state index contributed by atoms with van der Waals surface area (Å²) >= 11 is 1.80. The molecule has 0 radical (unpaired) electrons. The molecule has 6 heteroatoms. The average Bonchev–Trinajstić information content (AvgIpc) is 3.17. The first-order valence-corrected chi connectivity index (χ1v) is 10.4. The molecular weight excluding hydrogens is 328 g/mol. The SMILES string of the molecule is CCCCCCCCSCCOC(=O)[C@H]1[C@@H](C(=O)O)[C@@H]2CC[C@@H]1O2. The van der Waals surface area contributed by atoms with Gasteiger partial charge in [-0.25, -0.2) is 0 Å². The molecule has 2 fully saturated rings. The normalized spacial score (nSPS) is 28.2. The number of carbonyl (C=O) groups is 2. The Balaban J connectivity index is 1.54. The van der Waals surface area contributed by atoms with Crippen LogP contribution in [-0.2, 0) is 19.1 Å². The first-order chi connectivity index (χ1) is 11.6. The monoisotopic (exact) mass is 358 g/mol. The van der Waals surface area contributed by atoms with E-state index in [0.29, 0.717) is 6.61 Å². The zero-order chi connectivity index (χ0) is 17.4. The van der Waals surface area contributed by atoms with Crippen molar-refractivity contribution in [2.45, 2.75) is 70.5 Å². The molecule has 2 aliphatic rings. The summed E-state index contributed by atoms with van der Waals surface area (Å²) in [6.07, 6.45) is 8.65. The minimum atomic E-state index is -0.943. The molecule has 0 aromatic carbocycles. The zero-order valence-corrected chi connectivity index (χ0v) is 15.4. The highest BCUT2D eigenvalue weighted by Gasteiger charge is 2.56. The second-order valence-corrected chi connectivity index (χ2v) is 7.95. The van der Waals surface area contributed by atoms with Gasteiger partial charge in [0.2, 0.25) is 0 Å². The van der Waals surface area contributed by atoms with E-state index >= 15 is 0 Å². The smallest absolute Gasteiger partial charge is 0.312 e. The Labute approximate surface area is 148 Å². The minimum Gasteiger partial charge on any atom is -0.481 e. The number of aliphatic carboxylic acids is 1. The third-order valence-electron chi connectivity index (χ3n) is 4.94. The number of unbranched alkanes of at least 4 members (excludes halogenated alkanes) is 5. The number of rotatable bonds is 12. The van der Waals surface area contributed by atoms with Gasteiger partial charge in [-0.05, 0) is 25.0 Å². The maximum Gasteiger partial charge on any atom is 0.312 e. The van der Waals surface area contributed by atoms with Gasteiger partial charge < -0.3 is 14.6 Å². The predicted octanol–water partition coefficient (Wildman–Crippen LogP) is 3.50. The fraction of sp³-hybridized carbons (Fsp3) is 0.889. The lowest BCUT2D eigenvalue weighted by Gasteiger charge is -2.23. The third kappa shape index (κ3) is 5.38. The summed E-state index contributed by atoms with van der Waals surface area (Å²) in [5.74, 6) is -0.813. The van der Waals surface area contributed by atoms with E-state index in [1.165, 1.54) is 38.5 Å². The van der Waals surface area contributed by atoms with E-state index in [1.54, 1.807) is 11.8 Å². The van der Waals surface area contributed by atoms with Crippen LogP contribution in [0.4, 0.5) is 0 Å². The topological polar surface area (TPSA) is 72.8 Å². The van der Waals surface area contributed by atoms with Crippen LogP contribution in [0.2, 0.25) is 0 Å². The van der Waals surface area contributed by atoms with Crippen LogP contribution in [0.25, 0.3) is 0 Å². The number of carbonyl (C=O) groups excluding carboxylic acids is 1. The summed E-state index contributed by atoms with van der Waals surface area (Å²) in [6.45, 7) is 2.58. The molecule has 0 aromatic rings. The number of carboxylic acid groups (broad SMARTS) is 1. The average molecular weight is 359 g/mol. The summed E-state index contributed by atoms with van der Waals surface area (Å²) in [6, 6.07) is 0. The first kappa shape index (κ1) is 19.6. The molecule has 24 heavy (non-hydrogen) atoms. The van der Waals surface area contributed by atoms with Crippen molar-refractivity contribution in [1.29, 1.82) is 0 Å². The van der Waals surface area contributed by atoms with Crippen molar-refractivity contribution in [2.75, 3.05) is 18.1 Å². The van der Waals surface area contributed by atoms with Gasteiger partial charge in [-0.3, -0.25) is 9.59 Å². The fourth-order valence-electron chi connectivity index (χ4n) is 3.67. The molecule has 0 aromatic heterocycles. The van der Waals surface area contributed by atoms with Crippen molar-refractivity contribution in [3.63, 3.8) is 0 Å². The van der Waals surface area contributed by atoms with Gasteiger partial charge in [-0.2, -0.15) is 11.8 Å². The predicted molar refractivity (Wildman–Crippen MR) is 94.2 cm³/mol. The first-order valence-electron chi connectivity index (χ1n) is 9.27. The molecule has 0 saturated carbocycles. The molecule has 0 unspecified atom stereocenters. The Morgan fingerprint density at radius 2 is 1.71 bits per heavy atom. The number of thioether (sulfide) groups is 1. The molecule has 0 aliphatic carbocycles. The molecule has 1 N–H and O–H groups in total. The van der Waals surface area contributed by atoms with Crippen LogP contribution in [0.5, 0.6) is 0 Å². The van der Waals surface area contributed by atoms with Gasteiger partial charge in [0.15, 0.2) is 0 Å². The van der Waals surface area contributed by atoms with Crippen LogP contribution in [0.3, 0.4) is 0 Å². The molecule has 5 nitrogen and oxygen atoms in total. The molecule has 0 amide bonds. The van der Waals surface area contributed by atoms with Gasteiger partial charge in [0, 0.05) is 5.75 Å². The number of fused-ring (bicyclic) bond motifs is 2. The summed E-state index contributed by atoms with van der Waals surface area (Å²) in [5, 5.41) is 9.31. The Hall–Kier alpha value is -0.750. The highest BCUT2D eigenvalue weighted by Crippen LogP contribution is 2.44. The number of hydrogen-bond acceptors (Lipinski definition) is 5. The van der Waals surface area contributed by atoms with Gasteiger partial charge in [0.25, 0.3) is 0 Å². The second kappa shape index (κ2) is 10.3. The highest BCUT2D eigenvalue weighted by atomic mass is 32.2. The Bertz CT molecular complexity index is 414. The lowest BCUT2D eigenvalue weighted by molar-refractivity contribution is -0.157. The van der Waals surface area contributed by atoms with Crippen molar-refractivity contribution in [3.8, 4) is 0 Å². The molecule has 2 heterocycles. The van der Waals surface area contributed by atoms with Crippen molar-refractivity contribution >= 4 is 23.7 Å². The summed E-state index contributed by atoms with van der Waals surface area (Å²) in [7, 11) is 0. The largest absolute Gasteiger partial charge is 0.481 e. The molecule has 0 spiro atoms. The van der Waals surface area contributed by atoms with E-state index in [2.05, 4.69) is 6.92 Å². The van der Waals surface area contributed by atoms with E-state index in [-0.39, 0.29) is 12.2 Å². The summed E-state index contributed by atoms with van der Waals surface area (Å²) in [4.78, 5) is 23.6. The van der Waals surface area contributed by atoms with Crippen LogP contribution < -0.4 is 0 Å². The van der Waals surface area contributed by atoms with E-state index < -0.39 is 23.8 Å². The number of hydrogen-bond donors (Lipinski definition) is 1. The van der Waals surface area contributed by atoms with Crippen LogP contribution in [-0.4, -0.2) is 47.4 Å². The maximum absolute atomic E-state index is 12.2. The number of ether oxygens (including phenoxy) is 2. The molecule has 4 atom stereocenters. The van der Waals surface area contributed by atoms with Crippen LogP contribution in [0, 0.1) is 11.8 Å². The fourth-order valence-corrected chi connectivity index (χ4v) is 4.49. The Morgan fingerprint density at radius 1 is 1.04 bits per heavy atom. The van der Waals surface area contributed by atoms with Crippen LogP contribution in [0.1, 0.15) is 58.3 Å². The molecular formula is C18H30O5S. The van der Waals surface area contributed by atoms with E-state index in [0.717, 1.165) is 24.3 Å². The maximum atomic E-state index is 12.2. The highest BCUT2D eigenvalue weighted by molar-refractivity contribution is 7.99. The van der Waals surface area contributed by atoms with Gasteiger partial charge in [-0.15, -0.1) is 0 Å². The van der Waals surface area contributed by atoms with Crippen molar-refractivity contribution < 1.29 is 24.2 Å². The number of carboxylic acids is 1. The van der Waals surface area contributed by atoms with Crippen LogP contribution in [0.15, 0.2) is 0 Å². The van der Waals surface area contributed by atoms with Gasteiger partial charge in [0.1, 0.15) is 6.61 Å². The number of esters is 1. The van der Waals surface area contributed by atoms with Gasteiger partial charge in [0.05, 0.1) is 24.0 Å². The summed E-state index contributed by atoms with van der Waals surface area (Å²) < 4.78 is 10.9. The Morgan fingerprint density at radius 3 is 2.42 bits per heavy atom. The second-order valence-electron chi connectivity index (χ2n) is 6.73. The molecule has 2 saturated heterocycles. The summed E-state index contributed by atoms with van der Waals surface area (Å²) in [5.41, 5.74) is 0. The van der Waals surface area contributed by atoms with Crippen molar-refractivity contribution in [2.24, 2.45) is 11.8 Å². The Kier molecular flexibility index (Phi) is 8.39. The minimum absolute atomic E-state index is 0.264. The zero-order valence-electron chi connectivity index (χ0n) is 14.6. The standard InChI is InChI=1S/C18H30O5S/c1-2-3-4-5-6-7-11-24-12-10-22-18(21)16-14-9-8-13(23-14)15(16)17(19)20/h13-16H,2-12H2,1H3,(H,19,20)/t13-,14-,15-,16+/m0/s1. The molecule has 2 bridgehead atoms. The lowest BCUT2D eigenvalue weighted by atomic mass is 9.79. The van der Waals surface area contributed by atoms with E-state index in [1.807, 2.05) is 0 Å². The molecule has 2 rings (SSSR count).